The summed E-state index contributed by atoms with van der Waals surface area (Å²) in [5.74, 6) is 0. The predicted octanol–water partition coefficient (Wildman–Crippen LogP) is 5.85. The predicted molar refractivity (Wildman–Crippen MR) is 107 cm³/mol. The van der Waals surface area contributed by atoms with Crippen molar-refractivity contribution in [3.05, 3.63) is 78.0 Å². The molecule has 0 N–H and O–H groups in total. The normalized spacial score (nSPS) is 13.8. The van der Waals surface area contributed by atoms with Gasteiger partial charge in [-0.2, -0.15) is 0 Å². The Bertz CT molecular complexity index is 1410. The first-order valence-electron chi connectivity index (χ1n) is 10.2. The van der Waals surface area contributed by atoms with E-state index in [0.29, 0.717) is 22.1 Å². The quantitative estimate of drug-likeness (QED) is 0.350. The molecule has 3 aromatic carbocycles. The molecule has 0 saturated carbocycles. The molecule has 0 aliphatic heterocycles. The Hall–Kier alpha value is -3.13. The molecule has 0 radical (unpaired) electrons. The van der Waals surface area contributed by atoms with E-state index in [0.717, 1.165) is 33.0 Å². The van der Waals surface area contributed by atoms with E-state index < -0.39 is 6.85 Å². The number of furan rings is 1. The van der Waals surface area contributed by atoms with Crippen LogP contribution in [0.4, 0.5) is 0 Å². The van der Waals surface area contributed by atoms with Crippen LogP contribution >= 0.6 is 0 Å². The number of rotatable bonds is 1. The lowest BCUT2D eigenvalue weighted by Gasteiger charge is -2.07. The lowest BCUT2D eigenvalue weighted by molar-refractivity contribution is -0.660. The SMILES string of the molecule is [2H]C([2H])([2H])c1cc(C)c(-c2cccc[n+]2C)c2oc3cc4ccccc4cc3c12. The van der Waals surface area contributed by atoms with E-state index in [2.05, 4.69) is 0 Å². The molecule has 126 valence electrons. The molecule has 0 spiro atoms. The number of pyridine rings is 1. The van der Waals surface area contributed by atoms with Gasteiger partial charge in [-0.3, -0.25) is 0 Å². The first-order chi connectivity index (χ1) is 13.8. The minimum atomic E-state index is -2.23. The highest BCUT2D eigenvalue weighted by Gasteiger charge is 2.21. The topological polar surface area (TPSA) is 17.0 Å². The van der Waals surface area contributed by atoms with Gasteiger partial charge in [-0.05, 0) is 53.9 Å². The third-order valence-corrected chi connectivity index (χ3v) is 5.12. The highest BCUT2D eigenvalue weighted by atomic mass is 16.3. The molecule has 2 heterocycles. The summed E-state index contributed by atoms with van der Waals surface area (Å²) in [6, 6.07) is 19.9. The maximum atomic E-state index is 8.13. The van der Waals surface area contributed by atoms with Crippen LogP contribution in [-0.4, -0.2) is 0 Å². The first kappa shape index (κ1) is 12.3. The second kappa shape index (κ2) is 5.43. The Morgan fingerprint density at radius 2 is 1.69 bits per heavy atom. The van der Waals surface area contributed by atoms with Gasteiger partial charge in [-0.1, -0.05) is 30.3 Å². The van der Waals surface area contributed by atoms with Gasteiger partial charge in [0.2, 0.25) is 5.69 Å². The standard InChI is InChI=1S/C24H20NO/c1-15-12-16(2)23(20-10-6-7-11-25(20)3)24-22(15)19-13-17-8-4-5-9-18(17)14-21(19)26-24/h4-14H,1-3H3/q+1/i1D3. The number of benzene rings is 3. The summed E-state index contributed by atoms with van der Waals surface area (Å²) < 4.78 is 32.8. The van der Waals surface area contributed by atoms with Crippen LogP contribution < -0.4 is 4.57 Å². The van der Waals surface area contributed by atoms with Crippen LogP contribution in [0.25, 0.3) is 44.0 Å². The van der Waals surface area contributed by atoms with Gasteiger partial charge in [0.25, 0.3) is 0 Å². The van der Waals surface area contributed by atoms with E-state index in [1.165, 1.54) is 0 Å². The highest BCUT2D eigenvalue weighted by Crippen LogP contribution is 2.40. The molecule has 0 unspecified atom stereocenters. The Labute approximate surface area is 156 Å². The van der Waals surface area contributed by atoms with E-state index in [1.807, 2.05) is 79.3 Å². The summed E-state index contributed by atoms with van der Waals surface area (Å²) in [5.41, 5.74) is 4.46. The smallest absolute Gasteiger partial charge is 0.216 e. The van der Waals surface area contributed by atoms with E-state index in [9.17, 15) is 0 Å². The number of hydrogen-bond donors (Lipinski definition) is 0. The Kier molecular flexibility index (Phi) is 2.56. The van der Waals surface area contributed by atoms with Crippen molar-refractivity contribution in [2.45, 2.75) is 13.8 Å². The summed E-state index contributed by atoms with van der Waals surface area (Å²) >= 11 is 0. The van der Waals surface area contributed by atoms with E-state index >= 15 is 0 Å². The van der Waals surface area contributed by atoms with Crippen molar-refractivity contribution >= 4 is 32.7 Å². The molecule has 2 aromatic heterocycles. The molecule has 5 rings (SSSR count). The van der Waals surface area contributed by atoms with E-state index in [-0.39, 0.29) is 0 Å². The fourth-order valence-electron chi connectivity index (χ4n) is 3.87. The second-order valence-corrected chi connectivity index (χ2v) is 6.81. The summed E-state index contributed by atoms with van der Waals surface area (Å²) in [6.07, 6.45) is 1.98. The summed E-state index contributed by atoms with van der Waals surface area (Å²) in [7, 11) is 1.98. The van der Waals surface area contributed by atoms with Crippen LogP contribution in [-0.2, 0) is 7.05 Å². The van der Waals surface area contributed by atoms with Gasteiger partial charge in [0.1, 0.15) is 18.2 Å². The molecule has 26 heavy (non-hydrogen) atoms. The van der Waals surface area contributed by atoms with Gasteiger partial charge in [-0.25, -0.2) is 4.57 Å². The Morgan fingerprint density at radius 1 is 0.923 bits per heavy atom. The van der Waals surface area contributed by atoms with Crippen molar-refractivity contribution < 1.29 is 13.1 Å². The molecule has 0 bridgehead atoms. The van der Waals surface area contributed by atoms with Crippen molar-refractivity contribution in [1.29, 1.82) is 0 Å². The van der Waals surface area contributed by atoms with Crippen LogP contribution in [0.5, 0.6) is 0 Å². The highest BCUT2D eigenvalue weighted by molar-refractivity contribution is 6.14. The van der Waals surface area contributed by atoms with Crippen molar-refractivity contribution in [2.75, 3.05) is 0 Å². The second-order valence-electron chi connectivity index (χ2n) is 6.81. The minimum absolute atomic E-state index is 0.335. The molecular weight excluding hydrogens is 318 g/mol. The van der Waals surface area contributed by atoms with Gasteiger partial charge >= 0.3 is 0 Å². The van der Waals surface area contributed by atoms with Crippen LogP contribution in [0.15, 0.2) is 71.3 Å². The van der Waals surface area contributed by atoms with Gasteiger partial charge in [0, 0.05) is 27.0 Å². The Balaban J connectivity index is 2.01. The third-order valence-electron chi connectivity index (χ3n) is 5.12. The van der Waals surface area contributed by atoms with Crippen molar-refractivity contribution in [1.82, 2.24) is 0 Å². The lowest BCUT2D eigenvalue weighted by atomic mass is 9.96. The molecule has 0 amide bonds. The largest absolute Gasteiger partial charge is 0.455 e. The molecule has 2 heteroatoms. The van der Waals surface area contributed by atoms with Crippen LogP contribution in [0.1, 0.15) is 15.2 Å². The van der Waals surface area contributed by atoms with Crippen LogP contribution in [0.3, 0.4) is 0 Å². The van der Waals surface area contributed by atoms with Gasteiger partial charge in [-0.15, -0.1) is 0 Å². The number of hydrogen-bond acceptors (Lipinski definition) is 1. The van der Waals surface area contributed by atoms with Crippen molar-refractivity contribution in [2.24, 2.45) is 7.05 Å². The molecule has 0 aliphatic rings. The van der Waals surface area contributed by atoms with Gasteiger partial charge in [0.15, 0.2) is 6.20 Å². The maximum Gasteiger partial charge on any atom is 0.216 e. The van der Waals surface area contributed by atoms with Crippen LogP contribution in [0, 0.1) is 13.8 Å². The number of nitrogens with zero attached hydrogens (tertiary/aromatic N) is 1. The lowest BCUT2D eigenvalue weighted by Crippen LogP contribution is -2.30. The zero-order valence-electron chi connectivity index (χ0n) is 17.7. The van der Waals surface area contributed by atoms with E-state index in [4.69, 9.17) is 8.53 Å². The molecule has 5 aromatic rings. The zero-order chi connectivity index (χ0) is 20.3. The van der Waals surface area contributed by atoms with Crippen LogP contribution in [0.2, 0.25) is 0 Å². The molecular formula is C24H20NO+. The summed E-state index contributed by atoms with van der Waals surface area (Å²) in [4.78, 5) is 0. The molecule has 0 aliphatic carbocycles. The first-order valence-corrected chi connectivity index (χ1v) is 8.69. The number of fused-ring (bicyclic) bond motifs is 4. The zero-order valence-corrected chi connectivity index (χ0v) is 14.7. The summed E-state index contributed by atoms with van der Waals surface area (Å²) in [5, 5.41) is 3.64. The average Bonchev–Trinajstić information content (AvgIpc) is 3.03. The van der Waals surface area contributed by atoms with Crippen molar-refractivity contribution in [3.63, 3.8) is 0 Å². The molecule has 0 fully saturated rings. The fraction of sp³-hybridized carbons (Fsp3) is 0.125. The molecule has 2 nitrogen and oxygen atoms in total. The number of aromatic nitrogens is 1. The van der Waals surface area contributed by atoms with Crippen molar-refractivity contribution in [3.8, 4) is 11.3 Å². The summed E-state index contributed by atoms with van der Waals surface area (Å²) in [6.45, 7) is -0.288. The average molecular weight is 341 g/mol. The molecule has 0 atom stereocenters. The Morgan fingerprint density at radius 3 is 2.46 bits per heavy atom. The minimum Gasteiger partial charge on any atom is -0.455 e. The maximum absolute atomic E-state index is 8.13. The van der Waals surface area contributed by atoms with E-state index in [1.54, 1.807) is 6.07 Å². The third kappa shape index (κ3) is 2.08. The fourth-order valence-corrected chi connectivity index (χ4v) is 3.87. The monoisotopic (exact) mass is 341 g/mol. The number of aryl methyl sites for hydroxylation is 3. The van der Waals surface area contributed by atoms with Gasteiger partial charge < -0.3 is 4.42 Å². The van der Waals surface area contributed by atoms with Gasteiger partial charge in [0.05, 0.1) is 5.56 Å². The molecule has 0 saturated heterocycles.